The molecule has 1 aromatic rings. The highest BCUT2D eigenvalue weighted by Crippen LogP contribution is 2.29. The zero-order valence-corrected chi connectivity index (χ0v) is 8.09. The normalized spacial score (nSPS) is 15.1. The second-order valence-corrected chi connectivity index (χ2v) is 3.78. The zero-order chi connectivity index (χ0) is 9.97. The first kappa shape index (κ1) is 9.06. The highest BCUT2D eigenvalue weighted by molar-refractivity contribution is 5.92. The maximum atomic E-state index is 7.28. The Kier molecular flexibility index (Phi) is 2.39. The van der Waals surface area contributed by atoms with Crippen molar-refractivity contribution in [1.29, 1.82) is 5.41 Å². The lowest BCUT2D eigenvalue weighted by Crippen LogP contribution is -2.06. The Morgan fingerprint density at radius 1 is 1.50 bits per heavy atom. The van der Waals surface area contributed by atoms with Crippen LogP contribution in [0.5, 0.6) is 0 Å². The van der Waals surface area contributed by atoms with Crippen LogP contribution in [0.4, 0.5) is 11.4 Å². The minimum Gasteiger partial charge on any atom is -0.398 e. The highest BCUT2D eigenvalue weighted by atomic mass is 14.9. The van der Waals surface area contributed by atoms with Crippen LogP contribution in [-0.4, -0.2) is 12.8 Å². The summed E-state index contributed by atoms with van der Waals surface area (Å²) in [4.78, 5) is 0. The second kappa shape index (κ2) is 3.70. The van der Waals surface area contributed by atoms with Gasteiger partial charge in [0.15, 0.2) is 0 Å². The van der Waals surface area contributed by atoms with Crippen molar-refractivity contribution in [2.45, 2.75) is 12.8 Å². The fourth-order valence-corrected chi connectivity index (χ4v) is 1.47. The van der Waals surface area contributed by atoms with Gasteiger partial charge in [-0.25, -0.2) is 0 Å². The summed E-state index contributed by atoms with van der Waals surface area (Å²) >= 11 is 0. The number of anilines is 2. The highest BCUT2D eigenvalue weighted by Gasteiger charge is 2.20. The van der Waals surface area contributed by atoms with Gasteiger partial charge in [0.2, 0.25) is 0 Å². The Hall–Kier alpha value is -1.51. The summed E-state index contributed by atoms with van der Waals surface area (Å²) < 4.78 is 0. The first-order valence-corrected chi connectivity index (χ1v) is 4.94. The van der Waals surface area contributed by atoms with Gasteiger partial charge in [0.25, 0.3) is 0 Å². The minimum atomic E-state index is 0.667. The molecule has 0 saturated heterocycles. The van der Waals surface area contributed by atoms with E-state index in [1.807, 2.05) is 18.2 Å². The largest absolute Gasteiger partial charge is 0.398 e. The molecule has 1 aromatic carbocycles. The second-order valence-electron chi connectivity index (χ2n) is 3.78. The Balaban J connectivity index is 2.13. The number of nitrogens with two attached hydrogens (primary N) is 1. The van der Waals surface area contributed by atoms with E-state index in [0.29, 0.717) is 5.69 Å². The molecule has 3 heteroatoms. The topological polar surface area (TPSA) is 61.9 Å². The van der Waals surface area contributed by atoms with E-state index in [1.54, 1.807) is 0 Å². The monoisotopic (exact) mass is 189 g/mol. The number of benzene rings is 1. The van der Waals surface area contributed by atoms with Crippen molar-refractivity contribution >= 4 is 17.6 Å². The minimum absolute atomic E-state index is 0.667. The molecule has 0 radical (unpaired) electrons. The van der Waals surface area contributed by atoms with Gasteiger partial charge >= 0.3 is 0 Å². The molecule has 0 heterocycles. The molecule has 1 aliphatic rings. The molecule has 4 N–H and O–H groups in total. The van der Waals surface area contributed by atoms with Crippen LogP contribution >= 0.6 is 0 Å². The van der Waals surface area contributed by atoms with E-state index in [1.165, 1.54) is 19.1 Å². The molecule has 3 nitrogen and oxygen atoms in total. The lowest BCUT2D eigenvalue weighted by atomic mass is 10.1. The van der Waals surface area contributed by atoms with Crippen LogP contribution in [0.2, 0.25) is 0 Å². The molecule has 0 aromatic heterocycles. The van der Waals surface area contributed by atoms with Gasteiger partial charge in [0.1, 0.15) is 0 Å². The smallest absolute Gasteiger partial charge is 0.0450 e. The summed E-state index contributed by atoms with van der Waals surface area (Å²) in [6.45, 7) is 1.00. The van der Waals surface area contributed by atoms with Gasteiger partial charge in [-0.3, -0.25) is 0 Å². The van der Waals surface area contributed by atoms with Crippen molar-refractivity contribution in [2.75, 3.05) is 17.6 Å². The molecule has 1 saturated carbocycles. The molecule has 0 spiro atoms. The van der Waals surface area contributed by atoms with Crippen LogP contribution < -0.4 is 11.1 Å². The van der Waals surface area contributed by atoms with Gasteiger partial charge < -0.3 is 16.5 Å². The molecule has 0 unspecified atom stereocenters. The summed E-state index contributed by atoms with van der Waals surface area (Å²) in [7, 11) is 0. The van der Waals surface area contributed by atoms with E-state index in [2.05, 4.69) is 5.32 Å². The van der Waals surface area contributed by atoms with Crippen molar-refractivity contribution in [3.05, 3.63) is 23.8 Å². The standard InChI is InChI=1S/C11H15N3/c12-6-9-10(13)2-1-3-11(9)14-7-8-4-5-8/h1-3,6,8,12,14H,4-5,7,13H2. The van der Waals surface area contributed by atoms with Gasteiger partial charge in [-0.15, -0.1) is 0 Å². The van der Waals surface area contributed by atoms with Crippen molar-refractivity contribution in [1.82, 2.24) is 0 Å². The molecule has 74 valence electrons. The number of nitrogen functional groups attached to an aromatic ring is 1. The number of hydrogen-bond acceptors (Lipinski definition) is 3. The number of rotatable bonds is 4. The third-order valence-corrected chi connectivity index (χ3v) is 2.56. The molecule has 0 bridgehead atoms. The van der Waals surface area contributed by atoms with E-state index in [4.69, 9.17) is 11.1 Å². The average Bonchev–Trinajstić information content (AvgIpc) is 2.98. The van der Waals surface area contributed by atoms with Gasteiger partial charge in [0, 0.05) is 29.7 Å². The van der Waals surface area contributed by atoms with Gasteiger partial charge in [-0.2, -0.15) is 0 Å². The molecule has 2 rings (SSSR count). The summed E-state index contributed by atoms with van der Waals surface area (Å²) in [5, 5.41) is 10.6. The maximum Gasteiger partial charge on any atom is 0.0450 e. The van der Waals surface area contributed by atoms with Gasteiger partial charge in [0.05, 0.1) is 0 Å². The first-order chi connectivity index (χ1) is 6.81. The van der Waals surface area contributed by atoms with E-state index >= 15 is 0 Å². The molecule has 1 aliphatic carbocycles. The molecular weight excluding hydrogens is 174 g/mol. The Bertz CT molecular complexity index is 342. The third-order valence-electron chi connectivity index (χ3n) is 2.56. The average molecular weight is 189 g/mol. The van der Waals surface area contributed by atoms with Crippen LogP contribution in [-0.2, 0) is 0 Å². The summed E-state index contributed by atoms with van der Waals surface area (Å²) in [6, 6.07) is 5.71. The lowest BCUT2D eigenvalue weighted by molar-refractivity contribution is 0.889. The zero-order valence-electron chi connectivity index (χ0n) is 8.09. The lowest BCUT2D eigenvalue weighted by Gasteiger charge is -2.10. The quantitative estimate of drug-likeness (QED) is 0.501. The van der Waals surface area contributed by atoms with Crippen molar-refractivity contribution in [2.24, 2.45) is 5.92 Å². The molecule has 14 heavy (non-hydrogen) atoms. The number of hydrogen-bond donors (Lipinski definition) is 3. The predicted molar refractivity (Wildman–Crippen MR) is 60.0 cm³/mol. The van der Waals surface area contributed by atoms with Crippen LogP contribution in [0, 0.1) is 11.3 Å². The van der Waals surface area contributed by atoms with Crippen LogP contribution in [0.3, 0.4) is 0 Å². The molecular formula is C11H15N3. The van der Waals surface area contributed by atoms with Gasteiger partial charge in [-0.05, 0) is 30.9 Å². The third kappa shape index (κ3) is 1.87. The summed E-state index contributed by atoms with van der Waals surface area (Å²) in [5.74, 6) is 0.829. The van der Waals surface area contributed by atoms with Gasteiger partial charge in [-0.1, -0.05) is 6.07 Å². The van der Waals surface area contributed by atoms with E-state index in [9.17, 15) is 0 Å². The van der Waals surface area contributed by atoms with Crippen molar-refractivity contribution in [3.8, 4) is 0 Å². The molecule has 0 amide bonds. The number of nitrogens with one attached hydrogen (secondary N) is 2. The molecule has 1 fully saturated rings. The molecule has 0 aliphatic heterocycles. The maximum absolute atomic E-state index is 7.28. The summed E-state index contributed by atoms with van der Waals surface area (Å²) in [6.07, 6.45) is 3.97. The SMILES string of the molecule is N=Cc1c(N)cccc1NCC1CC1. The van der Waals surface area contributed by atoms with Crippen molar-refractivity contribution < 1.29 is 0 Å². The van der Waals surface area contributed by atoms with Crippen LogP contribution in [0.1, 0.15) is 18.4 Å². The fourth-order valence-electron chi connectivity index (χ4n) is 1.47. The Morgan fingerprint density at radius 3 is 2.93 bits per heavy atom. The predicted octanol–water partition coefficient (Wildman–Crippen LogP) is 2.09. The van der Waals surface area contributed by atoms with E-state index < -0.39 is 0 Å². The Labute approximate surface area is 83.8 Å². The Morgan fingerprint density at radius 2 is 2.29 bits per heavy atom. The van der Waals surface area contributed by atoms with Crippen LogP contribution in [0.15, 0.2) is 18.2 Å². The van der Waals surface area contributed by atoms with Crippen LogP contribution in [0.25, 0.3) is 0 Å². The fraction of sp³-hybridized carbons (Fsp3) is 0.364. The summed E-state index contributed by atoms with van der Waals surface area (Å²) in [5.41, 5.74) is 8.21. The first-order valence-electron chi connectivity index (χ1n) is 4.94. The molecule has 0 atom stereocenters. The van der Waals surface area contributed by atoms with Crippen molar-refractivity contribution in [3.63, 3.8) is 0 Å². The van der Waals surface area contributed by atoms with E-state index in [-0.39, 0.29) is 0 Å². The van der Waals surface area contributed by atoms with E-state index in [0.717, 1.165) is 23.7 Å².